The van der Waals surface area contributed by atoms with Crippen molar-refractivity contribution >= 4 is 45.8 Å². The fourth-order valence-electron chi connectivity index (χ4n) is 7.07. The van der Waals surface area contributed by atoms with Gasteiger partial charge in [-0.15, -0.1) is 0 Å². The minimum atomic E-state index is -1.38. The Balaban J connectivity index is 1.38. The van der Waals surface area contributed by atoms with E-state index in [1.165, 1.54) is 11.8 Å². The lowest BCUT2D eigenvalue weighted by atomic mass is 9.75. The molecule has 200 valence electrons. The van der Waals surface area contributed by atoms with Gasteiger partial charge in [-0.25, -0.2) is 4.90 Å². The van der Waals surface area contributed by atoms with Crippen LogP contribution < -0.4 is 15.5 Å². The molecule has 3 aliphatic heterocycles. The number of hydrogen-bond donors (Lipinski definition) is 3. The molecule has 3 aliphatic rings. The highest BCUT2D eigenvalue weighted by molar-refractivity contribution is 6.26. The van der Waals surface area contributed by atoms with Crippen LogP contribution in [0.5, 0.6) is 0 Å². The molecule has 4 heterocycles. The van der Waals surface area contributed by atoms with Gasteiger partial charge in [0, 0.05) is 40.0 Å². The first-order valence-corrected chi connectivity index (χ1v) is 13.5. The molecule has 2 saturated heterocycles. The Bertz CT molecular complexity index is 1770. The van der Waals surface area contributed by atoms with Gasteiger partial charge in [-0.3, -0.25) is 24.5 Å². The number of carbonyl (C=O) groups excluding carboxylic acids is 4. The number of carbonyl (C=O) groups is 4. The number of hydrogen-bond acceptors (Lipinski definition) is 5. The van der Waals surface area contributed by atoms with E-state index >= 15 is 0 Å². The molecule has 0 saturated carbocycles. The van der Waals surface area contributed by atoms with Gasteiger partial charge in [0.05, 0.1) is 17.5 Å². The molecule has 0 bridgehead atoms. The zero-order chi connectivity index (χ0) is 27.9. The molecule has 1 aromatic heterocycles. The number of imide groups is 1. The second kappa shape index (κ2) is 8.47. The summed E-state index contributed by atoms with van der Waals surface area (Å²) >= 11 is 0. The minimum absolute atomic E-state index is 0.102. The Hall–Kier alpha value is -4.56. The number of aryl methyl sites for hydroxylation is 2. The zero-order valence-electron chi connectivity index (χ0n) is 22.4. The summed E-state index contributed by atoms with van der Waals surface area (Å²) in [6.45, 7) is 5.37. The first-order chi connectivity index (χ1) is 19.2. The molecule has 3 amide bonds. The molecule has 3 N–H and O–H groups in total. The second-order valence-electron chi connectivity index (χ2n) is 11.2. The molecule has 40 heavy (non-hydrogen) atoms. The van der Waals surface area contributed by atoms with Gasteiger partial charge in [0.2, 0.25) is 17.7 Å². The van der Waals surface area contributed by atoms with Gasteiger partial charge >= 0.3 is 0 Å². The molecular formula is C32H28N4O4. The Morgan fingerprint density at radius 2 is 1.73 bits per heavy atom. The van der Waals surface area contributed by atoms with Crippen molar-refractivity contribution in [2.24, 2.45) is 11.8 Å². The lowest BCUT2D eigenvalue weighted by Crippen LogP contribution is -2.53. The Kier molecular flexibility index (Phi) is 5.18. The standard InChI is InChI=1S/C32H28N4O4/c1-16-12-17(2)28-23(13-16)32(31(40)34-28)27-26(25(35-32)14-20-15-33-24-7-5-4-6-22(20)24)29(38)36(30(27)39)21-10-8-19(9-11-21)18(3)37/h4-13,15,25-27,33,35H,14H2,1-3H3,(H,34,40)/t25-,26+,27-,32-/m0/s1. The second-order valence-corrected chi connectivity index (χ2v) is 11.2. The number of nitrogens with one attached hydrogen (secondary N) is 3. The molecule has 0 unspecified atom stereocenters. The molecule has 7 rings (SSSR count). The summed E-state index contributed by atoms with van der Waals surface area (Å²) in [5.74, 6) is -2.86. The Morgan fingerprint density at radius 3 is 2.48 bits per heavy atom. The molecule has 4 atom stereocenters. The van der Waals surface area contributed by atoms with E-state index in [2.05, 4.69) is 15.6 Å². The number of Topliss-reactive ketones (excluding diaryl/α,β-unsaturated/α-hetero) is 1. The summed E-state index contributed by atoms with van der Waals surface area (Å²) in [5.41, 5.74) is 4.79. The van der Waals surface area contributed by atoms with Crippen molar-refractivity contribution in [2.75, 3.05) is 10.2 Å². The van der Waals surface area contributed by atoms with Gasteiger partial charge < -0.3 is 10.3 Å². The fourth-order valence-corrected chi connectivity index (χ4v) is 7.07. The molecule has 3 aromatic carbocycles. The molecule has 8 nitrogen and oxygen atoms in total. The number of rotatable bonds is 4. The van der Waals surface area contributed by atoms with E-state index in [9.17, 15) is 19.2 Å². The molecular weight excluding hydrogens is 504 g/mol. The van der Waals surface area contributed by atoms with E-state index in [4.69, 9.17) is 0 Å². The van der Waals surface area contributed by atoms with E-state index in [1.54, 1.807) is 24.3 Å². The Labute approximate surface area is 230 Å². The van der Waals surface area contributed by atoms with Crippen LogP contribution in [-0.4, -0.2) is 34.5 Å². The van der Waals surface area contributed by atoms with Crippen LogP contribution in [0.25, 0.3) is 10.9 Å². The number of aromatic amines is 1. The number of ketones is 1. The number of amides is 3. The van der Waals surface area contributed by atoms with Gasteiger partial charge in [0.25, 0.3) is 0 Å². The monoisotopic (exact) mass is 532 g/mol. The third-order valence-electron chi connectivity index (χ3n) is 8.81. The Morgan fingerprint density at radius 1 is 0.975 bits per heavy atom. The number of anilines is 2. The molecule has 0 radical (unpaired) electrons. The fraction of sp³-hybridized carbons (Fsp3) is 0.250. The molecule has 2 fully saturated rings. The average Bonchev–Trinajstić information content (AvgIpc) is 3.64. The number of aromatic nitrogens is 1. The van der Waals surface area contributed by atoms with Crippen LogP contribution in [0.3, 0.4) is 0 Å². The summed E-state index contributed by atoms with van der Waals surface area (Å²) < 4.78 is 0. The van der Waals surface area contributed by atoms with E-state index < -0.39 is 29.3 Å². The van der Waals surface area contributed by atoms with Gasteiger partial charge in [-0.1, -0.05) is 35.9 Å². The zero-order valence-corrected chi connectivity index (χ0v) is 22.4. The van der Waals surface area contributed by atoms with Crippen molar-refractivity contribution in [3.63, 3.8) is 0 Å². The predicted molar refractivity (Wildman–Crippen MR) is 151 cm³/mol. The maximum atomic E-state index is 14.3. The summed E-state index contributed by atoms with van der Waals surface area (Å²) in [7, 11) is 0. The maximum absolute atomic E-state index is 14.3. The van der Waals surface area contributed by atoms with Crippen LogP contribution in [0.1, 0.15) is 39.5 Å². The van der Waals surface area contributed by atoms with Crippen molar-refractivity contribution in [1.82, 2.24) is 10.3 Å². The lowest BCUT2D eigenvalue weighted by molar-refractivity contribution is -0.130. The summed E-state index contributed by atoms with van der Waals surface area (Å²) in [5, 5.41) is 7.62. The first-order valence-electron chi connectivity index (χ1n) is 13.5. The van der Waals surface area contributed by atoms with Crippen LogP contribution in [0.4, 0.5) is 11.4 Å². The van der Waals surface area contributed by atoms with Crippen molar-refractivity contribution in [1.29, 1.82) is 0 Å². The van der Waals surface area contributed by atoms with E-state index in [1.807, 2.05) is 56.4 Å². The van der Waals surface area contributed by atoms with E-state index in [-0.39, 0.29) is 17.6 Å². The SMILES string of the molecule is CC(=O)c1ccc(N2C(=O)[C@@H]3[C@H](Cc4c[nH]c5ccccc45)N[C@]4(C(=O)Nc5c(C)cc(C)cc54)[C@@H]3C2=O)cc1. The van der Waals surface area contributed by atoms with Crippen LogP contribution in [0.2, 0.25) is 0 Å². The maximum Gasteiger partial charge on any atom is 0.250 e. The highest BCUT2D eigenvalue weighted by Crippen LogP contribution is 2.54. The van der Waals surface area contributed by atoms with Crippen LogP contribution in [-0.2, 0) is 26.3 Å². The largest absolute Gasteiger partial charge is 0.361 e. The highest BCUT2D eigenvalue weighted by Gasteiger charge is 2.70. The van der Waals surface area contributed by atoms with Crippen LogP contribution in [0, 0.1) is 25.7 Å². The van der Waals surface area contributed by atoms with Crippen molar-refractivity contribution in [3.05, 3.63) is 94.7 Å². The quantitative estimate of drug-likeness (QED) is 0.270. The van der Waals surface area contributed by atoms with E-state index in [0.29, 0.717) is 28.9 Å². The van der Waals surface area contributed by atoms with Gasteiger partial charge in [0.15, 0.2) is 5.78 Å². The van der Waals surface area contributed by atoms with Crippen LogP contribution in [0.15, 0.2) is 66.9 Å². The number of nitrogens with zero attached hydrogens (tertiary/aromatic N) is 1. The molecule has 8 heteroatoms. The number of para-hydroxylation sites is 1. The molecule has 0 aliphatic carbocycles. The van der Waals surface area contributed by atoms with Crippen molar-refractivity contribution in [3.8, 4) is 0 Å². The van der Waals surface area contributed by atoms with Crippen LogP contribution >= 0.6 is 0 Å². The van der Waals surface area contributed by atoms with E-state index in [0.717, 1.165) is 27.6 Å². The predicted octanol–water partition coefficient (Wildman–Crippen LogP) is 4.16. The third kappa shape index (κ3) is 3.23. The van der Waals surface area contributed by atoms with Crippen molar-refractivity contribution < 1.29 is 19.2 Å². The summed E-state index contributed by atoms with van der Waals surface area (Å²) in [6.07, 6.45) is 2.39. The molecule has 1 spiro atoms. The summed E-state index contributed by atoms with van der Waals surface area (Å²) in [4.78, 5) is 58.7. The average molecular weight is 533 g/mol. The number of fused-ring (bicyclic) bond motifs is 5. The molecule has 4 aromatic rings. The normalized spacial score (nSPS) is 25.1. The smallest absolute Gasteiger partial charge is 0.250 e. The van der Waals surface area contributed by atoms with Gasteiger partial charge in [0.1, 0.15) is 5.54 Å². The number of H-pyrrole nitrogens is 1. The minimum Gasteiger partial charge on any atom is -0.361 e. The third-order valence-corrected chi connectivity index (χ3v) is 8.81. The first kappa shape index (κ1) is 24.5. The van der Waals surface area contributed by atoms with Gasteiger partial charge in [-0.05, 0) is 68.7 Å². The number of benzene rings is 3. The van der Waals surface area contributed by atoms with Gasteiger partial charge in [-0.2, -0.15) is 0 Å². The topological polar surface area (TPSA) is 111 Å². The van der Waals surface area contributed by atoms with Crippen molar-refractivity contribution in [2.45, 2.75) is 38.8 Å². The highest BCUT2D eigenvalue weighted by atomic mass is 16.2. The summed E-state index contributed by atoms with van der Waals surface area (Å²) in [6, 6.07) is 17.9. The lowest BCUT2D eigenvalue weighted by Gasteiger charge is -2.30.